The normalized spacial score (nSPS) is 11.4. The molecular formula is C56H38N2. The molecule has 0 bridgehead atoms. The van der Waals surface area contributed by atoms with E-state index in [0.717, 1.165) is 33.9 Å². The highest BCUT2D eigenvalue weighted by molar-refractivity contribution is 6.11. The number of benzene rings is 10. The van der Waals surface area contributed by atoms with E-state index in [2.05, 4.69) is 240 Å². The summed E-state index contributed by atoms with van der Waals surface area (Å²) in [6, 6.07) is 83.7. The molecule has 1 aromatic heterocycles. The molecule has 0 radical (unpaired) electrons. The molecule has 0 fully saturated rings. The van der Waals surface area contributed by atoms with E-state index in [9.17, 15) is 0 Å². The average molecular weight is 739 g/mol. The maximum absolute atomic E-state index is 2.44. The molecule has 0 spiro atoms. The van der Waals surface area contributed by atoms with E-state index in [1.165, 1.54) is 65.6 Å². The van der Waals surface area contributed by atoms with E-state index in [0.29, 0.717) is 0 Å². The molecule has 0 unspecified atom stereocenters. The third-order valence-corrected chi connectivity index (χ3v) is 11.6. The van der Waals surface area contributed by atoms with Crippen molar-refractivity contribution in [1.82, 2.24) is 4.57 Å². The summed E-state index contributed by atoms with van der Waals surface area (Å²) in [6.45, 7) is 0. The average Bonchev–Trinajstić information content (AvgIpc) is 3.64. The molecule has 0 N–H and O–H groups in total. The van der Waals surface area contributed by atoms with Crippen LogP contribution in [0.25, 0.3) is 82.4 Å². The van der Waals surface area contributed by atoms with Crippen molar-refractivity contribution in [1.29, 1.82) is 0 Å². The predicted octanol–water partition coefficient (Wildman–Crippen LogP) is 15.6. The lowest BCUT2D eigenvalue weighted by Crippen LogP contribution is -2.12. The fourth-order valence-electron chi connectivity index (χ4n) is 8.90. The van der Waals surface area contributed by atoms with E-state index >= 15 is 0 Å². The van der Waals surface area contributed by atoms with Crippen LogP contribution < -0.4 is 4.90 Å². The van der Waals surface area contributed by atoms with Crippen molar-refractivity contribution in [2.24, 2.45) is 0 Å². The van der Waals surface area contributed by atoms with Crippen molar-refractivity contribution in [2.75, 3.05) is 4.90 Å². The standard InChI is InChI=1S/C56H38N2/c1-2-16-40(17-3-1)46-20-6-11-25-52(46)57(44-36-34-39(35-37-44)43-33-32-42-31-30-41-18-4-5-19-45(41)51(42)38-43)53-26-12-7-21-47(53)48-22-8-13-27-54(48)58-55-28-14-9-23-49(55)50-24-10-15-29-56(50)58/h1-38H. The zero-order valence-electron chi connectivity index (χ0n) is 31.8. The Kier molecular flexibility index (Phi) is 8.19. The van der Waals surface area contributed by atoms with Crippen LogP contribution in [0.15, 0.2) is 231 Å². The van der Waals surface area contributed by atoms with Crippen molar-refractivity contribution < 1.29 is 0 Å². The van der Waals surface area contributed by atoms with Crippen LogP contribution in [0, 0.1) is 0 Å². The molecule has 0 amide bonds. The summed E-state index contributed by atoms with van der Waals surface area (Å²) in [5.74, 6) is 0. The van der Waals surface area contributed by atoms with E-state index < -0.39 is 0 Å². The van der Waals surface area contributed by atoms with Gasteiger partial charge in [0.25, 0.3) is 0 Å². The van der Waals surface area contributed by atoms with E-state index in [-0.39, 0.29) is 0 Å². The molecular weight excluding hydrogens is 701 g/mol. The lowest BCUT2D eigenvalue weighted by Gasteiger charge is -2.30. The summed E-state index contributed by atoms with van der Waals surface area (Å²) < 4.78 is 2.43. The summed E-state index contributed by atoms with van der Waals surface area (Å²) in [5, 5.41) is 7.56. The van der Waals surface area contributed by atoms with Gasteiger partial charge in [0, 0.05) is 33.2 Å². The number of nitrogens with zero attached hydrogens (tertiary/aromatic N) is 2. The van der Waals surface area contributed by atoms with Gasteiger partial charge in [0.1, 0.15) is 0 Å². The molecule has 0 saturated heterocycles. The van der Waals surface area contributed by atoms with E-state index in [1.807, 2.05) is 0 Å². The number of aromatic nitrogens is 1. The van der Waals surface area contributed by atoms with Crippen LogP contribution in [0.1, 0.15) is 0 Å². The number of anilines is 3. The lowest BCUT2D eigenvalue weighted by atomic mass is 9.96. The van der Waals surface area contributed by atoms with Gasteiger partial charge in [-0.25, -0.2) is 0 Å². The van der Waals surface area contributed by atoms with Crippen molar-refractivity contribution in [3.63, 3.8) is 0 Å². The van der Waals surface area contributed by atoms with Crippen LogP contribution >= 0.6 is 0 Å². The zero-order valence-corrected chi connectivity index (χ0v) is 31.8. The highest BCUT2D eigenvalue weighted by atomic mass is 15.1. The second-order valence-electron chi connectivity index (χ2n) is 14.9. The largest absolute Gasteiger partial charge is 0.309 e. The van der Waals surface area contributed by atoms with Gasteiger partial charge in [-0.3, -0.25) is 0 Å². The monoisotopic (exact) mass is 738 g/mol. The van der Waals surface area contributed by atoms with Crippen molar-refractivity contribution in [2.45, 2.75) is 0 Å². The second-order valence-corrected chi connectivity index (χ2v) is 14.9. The predicted molar refractivity (Wildman–Crippen MR) is 247 cm³/mol. The van der Waals surface area contributed by atoms with Gasteiger partial charge in [-0.2, -0.15) is 0 Å². The van der Waals surface area contributed by atoms with Gasteiger partial charge in [0.15, 0.2) is 0 Å². The van der Waals surface area contributed by atoms with Crippen molar-refractivity contribution in [3.8, 4) is 39.1 Å². The quantitative estimate of drug-likeness (QED) is 0.148. The van der Waals surface area contributed by atoms with E-state index in [4.69, 9.17) is 0 Å². The van der Waals surface area contributed by atoms with Crippen molar-refractivity contribution >= 4 is 60.4 Å². The lowest BCUT2D eigenvalue weighted by molar-refractivity contribution is 1.18. The van der Waals surface area contributed by atoms with Crippen LogP contribution in [0.4, 0.5) is 17.1 Å². The second kappa shape index (κ2) is 14.1. The Balaban J connectivity index is 1.11. The highest BCUT2D eigenvalue weighted by Gasteiger charge is 2.23. The number of fused-ring (bicyclic) bond motifs is 6. The van der Waals surface area contributed by atoms with Crippen LogP contribution in [-0.2, 0) is 0 Å². The summed E-state index contributed by atoms with van der Waals surface area (Å²) in [7, 11) is 0. The van der Waals surface area contributed by atoms with Gasteiger partial charge < -0.3 is 9.47 Å². The molecule has 10 aromatic carbocycles. The molecule has 0 saturated carbocycles. The first kappa shape index (κ1) is 33.6. The summed E-state index contributed by atoms with van der Waals surface area (Å²) >= 11 is 0. The van der Waals surface area contributed by atoms with Crippen LogP contribution in [0.3, 0.4) is 0 Å². The highest BCUT2D eigenvalue weighted by Crippen LogP contribution is 2.47. The molecule has 0 aliphatic heterocycles. The Bertz CT molecular complexity index is 3230. The SMILES string of the molecule is c1ccc(-c2ccccc2N(c2ccc(-c3ccc4ccc5ccccc5c4c3)cc2)c2ccccc2-c2ccccc2-n2c3ccccc3c3ccccc32)cc1. The molecule has 0 aliphatic carbocycles. The Morgan fingerprint density at radius 3 is 1.52 bits per heavy atom. The van der Waals surface area contributed by atoms with E-state index in [1.54, 1.807) is 0 Å². The minimum absolute atomic E-state index is 1.08. The first-order valence-electron chi connectivity index (χ1n) is 19.9. The van der Waals surface area contributed by atoms with Gasteiger partial charge in [-0.05, 0) is 86.8 Å². The van der Waals surface area contributed by atoms with Gasteiger partial charge in [-0.15, -0.1) is 0 Å². The van der Waals surface area contributed by atoms with Crippen molar-refractivity contribution in [3.05, 3.63) is 231 Å². The molecule has 0 atom stereocenters. The van der Waals surface area contributed by atoms with Gasteiger partial charge >= 0.3 is 0 Å². The maximum Gasteiger partial charge on any atom is 0.0541 e. The number of para-hydroxylation sites is 5. The Morgan fingerprint density at radius 1 is 0.293 bits per heavy atom. The van der Waals surface area contributed by atoms with Crippen LogP contribution in [-0.4, -0.2) is 4.57 Å². The molecule has 2 heteroatoms. The third kappa shape index (κ3) is 5.66. The summed E-state index contributed by atoms with van der Waals surface area (Å²) in [6.07, 6.45) is 0. The first-order chi connectivity index (χ1) is 28.8. The van der Waals surface area contributed by atoms with Gasteiger partial charge in [-0.1, -0.05) is 182 Å². The van der Waals surface area contributed by atoms with Crippen LogP contribution in [0.2, 0.25) is 0 Å². The van der Waals surface area contributed by atoms with Gasteiger partial charge in [0.05, 0.1) is 28.1 Å². The zero-order chi connectivity index (χ0) is 38.4. The van der Waals surface area contributed by atoms with Gasteiger partial charge in [0.2, 0.25) is 0 Å². The molecule has 2 nitrogen and oxygen atoms in total. The minimum atomic E-state index is 1.08. The summed E-state index contributed by atoms with van der Waals surface area (Å²) in [4.78, 5) is 2.44. The molecule has 58 heavy (non-hydrogen) atoms. The molecule has 1 heterocycles. The molecule has 11 aromatic rings. The smallest absolute Gasteiger partial charge is 0.0541 e. The number of rotatable bonds is 7. The Morgan fingerprint density at radius 2 is 0.793 bits per heavy atom. The first-order valence-corrected chi connectivity index (χ1v) is 19.9. The topological polar surface area (TPSA) is 8.17 Å². The fourth-order valence-corrected chi connectivity index (χ4v) is 8.90. The molecule has 272 valence electrons. The van der Waals surface area contributed by atoms with Crippen LogP contribution in [0.5, 0.6) is 0 Å². The Labute approximate surface area is 338 Å². The molecule has 0 aliphatic rings. The maximum atomic E-state index is 2.44. The number of hydrogen-bond donors (Lipinski definition) is 0. The third-order valence-electron chi connectivity index (χ3n) is 11.6. The fraction of sp³-hybridized carbons (Fsp3) is 0. The Hall–Kier alpha value is -7.68. The minimum Gasteiger partial charge on any atom is -0.309 e. The summed E-state index contributed by atoms with van der Waals surface area (Å²) in [5.41, 5.74) is 13.8. The molecule has 11 rings (SSSR count). The number of hydrogen-bond acceptors (Lipinski definition) is 1.